The molecule has 1 heteroatoms. The maximum absolute atomic E-state index is 3.63. The zero-order valence-electron chi connectivity index (χ0n) is 8.89. The van der Waals surface area contributed by atoms with Gasteiger partial charge in [0.05, 0.1) is 10.2 Å². The van der Waals surface area contributed by atoms with Crippen LogP contribution in [0.2, 0.25) is 0 Å². The molecule has 3 radical (unpaired) electrons. The lowest BCUT2D eigenvalue weighted by Gasteiger charge is -2.13. The first-order valence-corrected chi connectivity index (χ1v) is 5.37. The topological polar surface area (TPSA) is 0 Å². The molecule has 0 aromatic heterocycles. The van der Waals surface area contributed by atoms with Crippen molar-refractivity contribution in [3.05, 3.63) is 29.3 Å². The van der Waals surface area contributed by atoms with Crippen LogP contribution in [0.25, 0.3) is 0 Å². The van der Waals surface area contributed by atoms with Gasteiger partial charge in [0.1, 0.15) is 0 Å². The summed E-state index contributed by atoms with van der Waals surface area (Å²) >= 11 is 0. The van der Waals surface area contributed by atoms with E-state index in [0.717, 1.165) is 0 Å². The van der Waals surface area contributed by atoms with Gasteiger partial charge >= 0.3 is 0 Å². The first-order chi connectivity index (χ1) is 6.02. The van der Waals surface area contributed by atoms with Gasteiger partial charge in [0, 0.05) is 0 Å². The van der Waals surface area contributed by atoms with E-state index >= 15 is 0 Å². The Hall–Kier alpha value is -0.563. The van der Waals surface area contributed by atoms with Crippen LogP contribution in [0.3, 0.4) is 0 Å². The standard InChI is InChI=1S/C12H17Si/c1-8(2)10-5-6-12(13)11(7-10)9(3)4/h5-9H,1-4H3. The van der Waals surface area contributed by atoms with Crippen molar-refractivity contribution in [3.63, 3.8) is 0 Å². The van der Waals surface area contributed by atoms with Crippen LogP contribution in [-0.4, -0.2) is 10.2 Å². The van der Waals surface area contributed by atoms with Crippen LogP contribution in [0.4, 0.5) is 0 Å². The Morgan fingerprint density at radius 3 is 2.08 bits per heavy atom. The molecule has 0 saturated heterocycles. The van der Waals surface area contributed by atoms with E-state index in [2.05, 4.69) is 56.1 Å². The van der Waals surface area contributed by atoms with Gasteiger partial charge in [-0.05, 0) is 23.0 Å². The molecule has 0 N–H and O–H groups in total. The number of hydrogen-bond donors (Lipinski definition) is 0. The molecule has 0 aliphatic heterocycles. The van der Waals surface area contributed by atoms with E-state index in [-0.39, 0.29) is 0 Å². The fraction of sp³-hybridized carbons (Fsp3) is 0.500. The molecule has 13 heavy (non-hydrogen) atoms. The molecule has 0 amide bonds. The fourth-order valence-corrected chi connectivity index (χ4v) is 1.86. The third kappa shape index (κ3) is 2.44. The SMILES string of the molecule is CC(C)c1ccc([Si])c(C(C)C)c1. The first-order valence-electron chi connectivity index (χ1n) is 4.87. The van der Waals surface area contributed by atoms with E-state index in [4.69, 9.17) is 0 Å². The molecule has 0 aliphatic carbocycles. The minimum absolute atomic E-state index is 0.589. The highest BCUT2D eigenvalue weighted by molar-refractivity contribution is 6.33. The number of hydrogen-bond acceptors (Lipinski definition) is 0. The van der Waals surface area contributed by atoms with Crippen molar-refractivity contribution >= 4 is 15.4 Å². The van der Waals surface area contributed by atoms with Gasteiger partial charge in [-0.2, -0.15) is 0 Å². The summed E-state index contributed by atoms with van der Waals surface area (Å²) in [7, 11) is 3.63. The molecule has 0 atom stereocenters. The summed E-state index contributed by atoms with van der Waals surface area (Å²) in [5.74, 6) is 1.20. The molecule has 0 saturated carbocycles. The Morgan fingerprint density at radius 1 is 1.00 bits per heavy atom. The van der Waals surface area contributed by atoms with Gasteiger partial charge in [0.2, 0.25) is 0 Å². The van der Waals surface area contributed by atoms with Crippen molar-refractivity contribution in [1.82, 2.24) is 0 Å². The molecule has 0 heterocycles. The third-order valence-electron chi connectivity index (χ3n) is 2.36. The average molecular weight is 189 g/mol. The second-order valence-electron chi connectivity index (χ2n) is 4.16. The Balaban J connectivity index is 3.11. The van der Waals surface area contributed by atoms with Crippen molar-refractivity contribution in [2.45, 2.75) is 39.5 Å². The van der Waals surface area contributed by atoms with Gasteiger partial charge in [-0.1, -0.05) is 51.1 Å². The molecule has 0 fully saturated rings. The van der Waals surface area contributed by atoms with Gasteiger partial charge in [0.25, 0.3) is 0 Å². The van der Waals surface area contributed by atoms with Gasteiger partial charge in [0.15, 0.2) is 0 Å². The molecule has 0 bridgehead atoms. The van der Waals surface area contributed by atoms with Crippen LogP contribution in [0.1, 0.15) is 50.7 Å². The van der Waals surface area contributed by atoms with Crippen LogP contribution < -0.4 is 5.19 Å². The molecular formula is C12H17Si. The van der Waals surface area contributed by atoms with Gasteiger partial charge in [-0.25, -0.2) is 0 Å². The second-order valence-corrected chi connectivity index (χ2v) is 4.69. The van der Waals surface area contributed by atoms with Crippen molar-refractivity contribution < 1.29 is 0 Å². The summed E-state index contributed by atoms with van der Waals surface area (Å²) in [6, 6.07) is 6.65. The minimum atomic E-state index is 0.589. The smallest absolute Gasteiger partial charge is 0.0639 e. The van der Waals surface area contributed by atoms with Gasteiger partial charge in [-0.15, -0.1) is 0 Å². The molecule has 0 nitrogen and oxygen atoms in total. The summed E-state index contributed by atoms with van der Waals surface area (Å²) in [6.45, 7) is 8.91. The van der Waals surface area contributed by atoms with E-state index in [0.29, 0.717) is 11.8 Å². The minimum Gasteiger partial charge on any atom is -0.0639 e. The number of benzene rings is 1. The predicted octanol–water partition coefficient (Wildman–Crippen LogP) is 2.73. The normalized spacial score (nSPS) is 11.3. The highest BCUT2D eigenvalue weighted by Crippen LogP contribution is 2.18. The third-order valence-corrected chi connectivity index (χ3v) is 2.82. The van der Waals surface area contributed by atoms with E-state index in [1.165, 1.54) is 16.3 Å². The monoisotopic (exact) mass is 189 g/mol. The van der Waals surface area contributed by atoms with Crippen LogP contribution in [0.5, 0.6) is 0 Å². The maximum atomic E-state index is 3.63. The highest BCUT2D eigenvalue weighted by Gasteiger charge is 2.06. The summed E-state index contributed by atoms with van der Waals surface area (Å²) in [6.07, 6.45) is 0. The average Bonchev–Trinajstić information content (AvgIpc) is 2.04. The van der Waals surface area contributed by atoms with Crippen LogP contribution in [-0.2, 0) is 0 Å². The zero-order valence-corrected chi connectivity index (χ0v) is 9.89. The lowest BCUT2D eigenvalue weighted by Crippen LogP contribution is -2.12. The Morgan fingerprint density at radius 2 is 1.62 bits per heavy atom. The first kappa shape index (κ1) is 10.5. The van der Waals surface area contributed by atoms with Crippen LogP contribution in [0, 0.1) is 0 Å². The lowest BCUT2D eigenvalue weighted by atomic mass is 9.96. The second kappa shape index (κ2) is 4.10. The largest absolute Gasteiger partial charge is 0.0715 e. The van der Waals surface area contributed by atoms with E-state index < -0.39 is 0 Å². The fourth-order valence-electron chi connectivity index (χ4n) is 1.42. The maximum Gasteiger partial charge on any atom is 0.0715 e. The van der Waals surface area contributed by atoms with Crippen molar-refractivity contribution in [1.29, 1.82) is 0 Å². The van der Waals surface area contributed by atoms with Crippen molar-refractivity contribution in [3.8, 4) is 0 Å². The molecule has 0 aliphatic rings. The zero-order chi connectivity index (χ0) is 10.0. The molecule has 0 unspecified atom stereocenters. The molecule has 1 aromatic rings. The number of rotatable bonds is 2. The van der Waals surface area contributed by atoms with Crippen LogP contribution in [0.15, 0.2) is 18.2 Å². The Kier molecular flexibility index (Phi) is 3.31. The van der Waals surface area contributed by atoms with E-state index in [1.807, 2.05) is 0 Å². The van der Waals surface area contributed by atoms with Gasteiger partial charge < -0.3 is 0 Å². The van der Waals surface area contributed by atoms with E-state index in [9.17, 15) is 0 Å². The Bertz CT molecular complexity index is 287. The summed E-state index contributed by atoms with van der Waals surface area (Å²) in [5.41, 5.74) is 2.83. The summed E-state index contributed by atoms with van der Waals surface area (Å²) < 4.78 is 0. The molecule has 1 aromatic carbocycles. The lowest BCUT2D eigenvalue weighted by molar-refractivity contribution is 0.838. The van der Waals surface area contributed by atoms with Crippen molar-refractivity contribution in [2.24, 2.45) is 0 Å². The van der Waals surface area contributed by atoms with E-state index in [1.54, 1.807) is 0 Å². The molecule has 69 valence electrons. The molecule has 1 rings (SSSR count). The Labute approximate surface area is 84.8 Å². The predicted molar refractivity (Wildman–Crippen MR) is 60.0 cm³/mol. The molecule has 0 spiro atoms. The van der Waals surface area contributed by atoms with Gasteiger partial charge in [-0.3, -0.25) is 0 Å². The molecular weight excluding hydrogens is 172 g/mol. The quantitative estimate of drug-likeness (QED) is 0.628. The van der Waals surface area contributed by atoms with Crippen molar-refractivity contribution in [2.75, 3.05) is 0 Å². The summed E-state index contributed by atoms with van der Waals surface area (Å²) in [4.78, 5) is 0. The highest BCUT2D eigenvalue weighted by atomic mass is 28.1. The summed E-state index contributed by atoms with van der Waals surface area (Å²) in [5, 5.41) is 1.22. The van der Waals surface area contributed by atoms with Crippen LogP contribution >= 0.6 is 0 Å².